The molecule has 1 aromatic carbocycles. The summed E-state index contributed by atoms with van der Waals surface area (Å²) in [5.41, 5.74) is 3.38. The van der Waals surface area contributed by atoms with Crippen LogP contribution in [0.1, 0.15) is 46.4 Å². The molecule has 4 aromatic heterocycles. The van der Waals surface area contributed by atoms with Crippen LogP contribution in [0.5, 0.6) is 0 Å². The maximum atomic E-state index is 13.3. The number of pyridine rings is 1. The maximum absolute atomic E-state index is 13.3. The van der Waals surface area contributed by atoms with Crippen molar-refractivity contribution in [3.05, 3.63) is 58.8 Å². The number of nitrogens with one attached hydrogen (secondary N) is 1. The molecule has 0 saturated carbocycles. The zero-order valence-electron chi connectivity index (χ0n) is 21.6. The quantitative estimate of drug-likeness (QED) is 0.377. The molecule has 0 aliphatic heterocycles. The van der Waals surface area contributed by atoms with Crippen LogP contribution in [0.15, 0.2) is 52.0 Å². The molecule has 36 heavy (non-hydrogen) atoms. The molecule has 5 aromatic rings. The summed E-state index contributed by atoms with van der Waals surface area (Å²) in [7, 11) is 3.84. The Morgan fingerprint density at radius 2 is 1.83 bits per heavy atom. The molecule has 0 aliphatic rings. The van der Waals surface area contributed by atoms with Crippen molar-refractivity contribution in [2.45, 2.75) is 46.1 Å². The van der Waals surface area contributed by atoms with Crippen molar-refractivity contribution in [2.24, 2.45) is 0 Å². The van der Waals surface area contributed by atoms with Gasteiger partial charge in [-0.15, -0.1) is 0 Å². The Morgan fingerprint density at radius 3 is 2.53 bits per heavy atom. The molecule has 0 radical (unpaired) electrons. The Bertz CT molecular complexity index is 1640. The predicted molar refractivity (Wildman–Crippen MR) is 142 cm³/mol. The molecule has 186 valence electrons. The van der Waals surface area contributed by atoms with E-state index in [0.717, 1.165) is 28.3 Å². The number of hydrogen-bond donors (Lipinski definition) is 1. The average molecular weight is 487 g/mol. The van der Waals surface area contributed by atoms with Crippen LogP contribution < -0.4 is 15.8 Å². The summed E-state index contributed by atoms with van der Waals surface area (Å²) in [6.45, 7) is 10.3. The van der Waals surface area contributed by atoms with Gasteiger partial charge in [0.05, 0.1) is 11.1 Å². The van der Waals surface area contributed by atoms with Gasteiger partial charge in [-0.3, -0.25) is 9.78 Å². The standard InChI is InChI=1S/C26H30N8O2/c1-15(2)33-24(35)19-14-28-25(29-16-8-9-18-20(12-16)36-31-23(18)32(6)7)30-22(19)34(33)17-10-11-27-21(13-17)26(3,4)5/h8-15H,1-7H3,(H,28,29,30). The molecule has 0 amide bonds. The van der Waals surface area contributed by atoms with Crippen LogP contribution in [0, 0.1) is 0 Å². The monoisotopic (exact) mass is 486 g/mol. The lowest BCUT2D eigenvalue weighted by Gasteiger charge is -2.20. The molecule has 0 fully saturated rings. The van der Waals surface area contributed by atoms with Gasteiger partial charge in [0.2, 0.25) is 5.95 Å². The lowest BCUT2D eigenvalue weighted by molar-refractivity contribution is 0.457. The summed E-state index contributed by atoms with van der Waals surface area (Å²) in [6, 6.07) is 9.53. The molecule has 0 atom stereocenters. The molecule has 0 aliphatic carbocycles. The van der Waals surface area contributed by atoms with Crippen molar-refractivity contribution >= 4 is 39.5 Å². The number of fused-ring (bicyclic) bond motifs is 2. The van der Waals surface area contributed by atoms with Crippen molar-refractivity contribution in [3.63, 3.8) is 0 Å². The number of hydrogen-bond acceptors (Lipinski definition) is 8. The van der Waals surface area contributed by atoms with Crippen LogP contribution in [0.4, 0.5) is 17.5 Å². The minimum absolute atomic E-state index is 0.0888. The number of nitrogens with zero attached hydrogens (tertiary/aromatic N) is 7. The fourth-order valence-electron chi connectivity index (χ4n) is 4.19. The molecule has 0 saturated heterocycles. The van der Waals surface area contributed by atoms with Gasteiger partial charge in [0, 0.05) is 55.4 Å². The Balaban J connectivity index is 1.62. The molecule has 5 rings (SSSR count). The Kier molecular flexibility index (Phi) is 5.54. The van der Waals surface area contributed by atoms with E-state index in [1.54, 1.807) is 17.1 Å². The van der Waals surface area contributed by atoms with Gasteiger partial charge in [-0.05, 0) is 38.1 Å². The fraction of sp³-hybridized carbons (Fsp3) is 0.346. The number of aromatic nitrogens is 6. The van der Waals surface area contributed by atoms with E-state index >= 15 is 0 Å². The van der Waals surface area contributed by atoms with Gasteiger partial charge >= 0.3 is 0 Å². The predicted octanol–water partition coefficient (Wildman–Crippen LogP) is 4.81. The Hall–Kier alpha value is -4.21. The van der Waals surface area contributed by atoms with Gasteiger partial charge in [0.15, 0.2) is 17.0 Å². The summed E-state index contributed by atoms with van der Waals surface area (Å²) >= 11 is 0. The first kappa shape index (κ1) is 23.5. The van der Waals surface area contributed by atoms with Crippen LogP contribution in [0.25, 0.3) is 27.7 Å². The lowest BCUT2D eigenvalue weighted by atomic mass is 9.91. The highest BCUT2D eigenvalue weighted by molar-refractivity contribution is 5.91. The van der Waals surface area contributed by atoms with E-state index in [1.807, 2.05) is 67.9 Å². The van der Waals surface area contributed by atoms with E-state index in [2.05, 4.69) is 41.2 Å². The summed E-state index contributed by atoms with van der Waals surface area (Å²) < 4.78 is 9.05. The molecule has 0 unspecified atom stereocenters. The summed E-state index contributed by atoms with van der Waals surface area (Å²) in [5.74, 6) is 1.13. The second-order valence-corrected chi connectivity index (χ2v) is 10.4. The zero-order valence-corrected chi connectivity index (χ0v) is 21.6. The highest BCUT2D eigenvalue weighted by Gasteiger charge is 2.22. The Morgan fingerprint density at radius 1 is 1.06 bits per heavy atom. The maximum Gasteiger partial charge on any atom is 0.278 e. The topological polar surface area (TPSA) is 107 Å². The molecule has 0 spiro atoms. The van der Waals surface area contributed by atoms with Crippen molar-refractivity contribution in [2.75, 3.05) is 24.3 Å². The van der Waals surface area contributed by atoms with Crippen LogP contribution in [0.2, 0.25) is 0 Å². The average Bonchev–Trinajstić information content (AvgIpc) is 3.37. The van der Waals surface area contributed by atoms with Crippen molar-refractivity contribution in [1.82, 2.24) is 29.5 Å². The van der Waals surface area contributed by atoms with Crippen molar-refractivity contribution in [3.8, 4) is 5.69 Å². The van der Waals surface area contributed by atoms with E-state index in [9.17, 15) is 4.79 Å². The number of rotatable bonds is 5. The highest BCUT2D eigenvalue weighted by atomic mass is 16.5. The van der Waals surface area contributed by atoms with E-state index < -0.39 is 0 Å². The normalized spacial score (nSPS) is 12.1. The third-order valence-corrected chi connectivity index (χ3v) is 6.00. The number of benzene rings is 1. The van der Waals surface area contributed by atoms with Gasteiger partial charge < -0.3 is 14.7 Å². The molecular weight excluding hydrogens is 456 g/mol. The first-order valence-corrected chi connectivity index (χ1v) is 11.9. The third-order valence-electron chi connectivity index (χ3n) is 6.00. The lowest BCUT2D eigenvalue weighted by Crippen LogP contribution is -2.24. The smallest absolute Gasteiger partial charge is 0.278 e. The largest absolute Gasteiger partial charge is 0.359 e. The summed E-state index contributed by atoms with van der Waals surface area (Å²) in [5, 5.41) is 8.73. The first-order valence-electron chi connectivity index (χ1n) is 11.9. The number of anilines is 3. The minimum atomic E-state index is -0.143. The van der Waals surface area contributed by atoms with Gasteiger partial charge in [0.25, 0.3) is 5.56 Å². The van der Waals surface area contributed by atoms with Gasteiger partial charge in [-0.25, -0.2) is 14.3 Å². The van der Waals surface area contributed by atoms with Crippen LogP contribution >= 0.6 is 0 Å². The summed E-state index contributed by atoms with van der Waals surface area (Å²) in [6.07, 6.45) is 3.34. The second kappa shape index (κ2) is 8.47. The highest BCUT2D eigenvalue weighted by Crippen LogP contribution is 2.29. The van der Waals surface area contributed by atoms with Crippen molar-refractivity contribution in [1.29, 1.82) is 0 Å². The molecule has 10 nitrogen and oxygen atoms in total. The molecule has 10 heteroatoms. The third kappa shape index (κ3) is 3.98. The van der Waals surface area contributed by atoms with Crippen LogP contribution in [-0.4, -0.2) is 43.6 Å². The SMILES string of the molecule is CC(C)n1c(=O)c2cnc(Nc3ccc4c(N(C)C)noc4c3)nc2n1-c1ccnc(C(C)(C)C)c1. The van der Waals surface area contributed by atoms with Gasteiger partial charge in [0.1, 0.15) is 5.39 Å². The zero-order chi connectivity index (χ0) is 25.8. The Labute approximate surface area is 208 Å². The minimum Gasteiger partial charge on any atom is -0.359 e. The van der Waals surface area contributed by atoms with Gasteiger partial charge in [-0.1, -0.05) is 25.9 Å². The molecular formula is C26H30N8O2. The van der Waals surface area contributed by atoms with E-state index in [-0.39, 0.29) is 17.0 Å². The first-order chi connectivity index (χ1) is 17.0. The van der Waals surface area contributed by atoms with E-state index in [0.29, 0.717) is 22.6 Å². The van der Waals surface area contributed by atoms with E-state index in [1.165, 1.54) is 0 Å². The van der Waals surface area contributed by atoms with Crippen LogP contribution in [-0.2, 0) is 5.41 Å². The van der Waals surface area contributed by atoms with Crippen LogP contribution in [0.3, 0.4) is 0 Å². The molecule has 0 bridgehead atoms. The van der Waals surface area contributed by atoms with Crippen molar-refractivity contribution < 1.29 is 4.52 Å². The second-order valence-electron chi connectivity index (χ2n) is 10.4. The van der Waals surface area contributed by atoms with Gasteiger partial charge in [-0.2, -0.15) is 4.98 Å². The van der Waals surface area contributed by atoms with E-state index in [4.69, 9.17) is 9.51 Å². The molecule has 1 N–H and O–H groups in total. The molecule has 4 heterocycles. The fourth-order valence-corrected chi connectivity index (χ4v) is 4.19. The summed E-state index contributed by atoms with van der Waals surface area (Å²) in [4.78, 5) is 29.0.